The average Bonchev–Trinajstić information content (AvgIpc) is 2.55. The standard InChI is InChI=1S/C18H22N2O2/c1-14(20(2)17-9-4-3-5-10-17)12-19-13-15-7-6-8-16(11-15)18(21)22/h3-11,14,19H,12-13H2,1-2H3,(H,21,22). The largest absolute Gasteiger partial charge is 0.478 e. The molecule has 4 nitrogen and oxygen atoms in total. The van der Waals surface area contributed by atoms with Gasteiger partial charge in [0.15, 0.2) is 0 Å². The van der Waals surface area contributed by atoms with Gasteiger partial charge in [0.05, 0.1) is 5.56 Å². The second-order valence-corrected chi connectivity index (χ2v) is 5.43. The van der Waals surface area contributed by atoms with Crippen LogP contribution in [0.5, 0.6) is 0 Å². The van der Waals surface area contributed by atoms with Crippen LogP contribution in [-0.2, 0) is 6.54 Å². The highest BCUT2D eigenvalue weighted by Crippen LogP contribution is 2.13. The molecule has 0 aliphatic carbocycles. The maximum absolute atomic E-state index is 11.0. The zero-order chi connectivity index (χ0) is 15.9. The first kappa shape index (κ1) is 16.0. The number of hydrogen-bond acceptors (Lipinski definition) is 3. The Morgan fingerprint density at radius 1 is 1.18 bits per heavy atom. The molecule has 0 aliphatic heterocycles. The summed E-state index contributed by atoms with van der Waals surface area (Å²) in [5.41, 5.74) is 2.49. The Morgan fingerprint density at radius 3 is 2.59 bits per heavy atom. The van der Waals surface area contributed by atoms with Crippen molar-refractivity contribution in [1.29, 1.82) is 0 Å². The van der Waals surface area contributed by atoms with E-state index in [1.807, 2.05) is 24.3 Å². The van der Waals surface area contributed by atoms with Crippen LogP contribution in [0.1, 0.15) is 22.8 Å². The molecule has 22 heavy (non-hydrogen) atoms. The third-order valence-corrected chi connectivity index (χ3v) is 3.77. The second kappa shape index (κ2) is 7.61. The predicted molar refractivity (Wildman–Crippen MR) is 89.4 cm³/mol. The zero-order valence-corrected chi connectivity index (χ0v) is 13.0. The molecule has 0 saturated heterocycles. The summed E-state index contributed by atoms with van der Waals surface area (Å²) < 4.78 is 0. The summed E-state index contributed by atoms with van der Waals surface area (Å²) in [7, 11) is 2.08. The van der Waals surface area contributed by atoms with Crippen molar-refractivity contribution in [3.8, 4) is 0 Å². The smallest absolute Gasteiger partial charge is 0.335 e. The molecule has 2 N–H and O–H groups in total. The highest BCUT2D eigenvalue weighted by atomic mass is 16.4. The van der Waals surface area contributed by atoms with Crippen LogP contribution < -0.4 is 10.2 Å². The van der Waals surface area contributed by atoms with Crippen LogP contribution in [0.15, 0.2) is 54.6 Å². The molecule has 2 aromatic rings. The topological polar surface area (TPSA) is 52.6 Å². The molecular weight excluding hydrogens is 276 g/mol. The van der Waals surface area contributed by atoms with Crippen molar-refractivity contribution in [2.45, 2.75) is 19.5 Å². The van der Waals surface area contributed by atoms with Crippen molar-refractivity contribution in [2.75, 3.05) is 18.5 Å². The molecule has 0 saturated carbocycles. The first-order chi connectivity index (χ1) is 10.6. The Hall–Kier alpha value is -2.33. The molecule has 0 aliphatic rings. The highest BCUT2D eigenvalue weighted by molar-refractivity contribution is 5.87. The molecule has 0 fully saturated rings. The zero-order valence-electron chi connectivity index (χ0n) is 13.0. The van der Waals surface area contributed by atoms with E-state index in [1.165, 1.54) is 5.69 Å². The number of carbonyl (C=O) groups is 1. The molecule has 2 aromatic carbocycles. The van der Waals surface area contributed by atoms with Crippen molar-refractivity contribution in [1.82, 2.24) is 5.32 Å². The molecule has 4 heteroatoms. The summed E-state index contributed by atoms with van der Waals surface area (Å²) in [4.78, 5) is 13.2. The van der Waals surface area contributed by atoms with Gasteiger partial charge in [-0.1, -0.05) is 30.3 Å². The first-order valence-electron chi connectivity index (χ1n) is 7.39. The van der Waals surface area contributed by atoms with Crippen LogP contribution in [0, 0.1) is 0 Å². The SMILES string of the molecule is CC(CNCc1cccc(C(=O)O)c1)N(C)c1ccccc1. The number of likely N-dealkylation sites (N-methyl/N-ethyl adjacent to an activating group) is 1. The minimum absolute atomic E-state index is 0.328. The van der Waals surface area contributed by atoms with Gasteiger partial charge in [0.1, 0.15) is 0 Å². The maximum Gasteiger partial charge on any atom is 0.335 e. The lowest BCUT2D eigenvalue weighted by molar-refractivity contribution is 0.0696. The quantitative estimate of drug-likeness (QED) is 0.825. The van der Waals surface area contributed by atoms with Crippen LogP contribution in [-0.4, -0.2) is 30.7 Å². The molecule has 0 bridgehead atoms. The number of anilines is 1. The van der Waals surface area contributed by atoms with Crippen molar-refractivity contribution in [3.05, 3.63) is 65.7 Å². The summed E-state index contributed by atoms with van der Waals surface area (Å²) in [6, 6.07) is 17.6. The fourth-order valence-electron chi connectivity index (χ4n) is 2.29. The lowest BCUT2D eigenvalue weighted by Gasteiger charge is -2.27. The van der Waals surface area contributed by atoms with Crippen LogP contribution >= 0.6 is 0 Å². The summed E-state index contributed by atoms with van der Waals surface area (Å²) >= 11 is 0. The van der Waals surface area contributed by atoms with Crippen LogP contribution in [0.25, 0.3) is 0 Å². The van der Waals surface area contributed by atoms with Crippen LogP contribution in [0.4, 0.5) is 5.69 Å². The molecule has 1 atom stereocenters. The number of aromatic carboxylic acids is 1. The Labute approximate surface area is 131 Å². The van der Waals surface area contributed by atoms with Crippen molar-refractivity contribution in [2.24, 2.45) is 0 Å². The summed E-state index contributed by atoms with van der Waals surface area (Å²) in [6.45, 7) is 3.64. The summed E-state index contributed by atoms with van der Waals surface area (Å²) in [5, 5.41) is 12.4. The third-order valence-electron chi connectivity index (χ3n) is 3.77. The minimum Gasteiger partial charge on any atom is -0.478 e. The number of carboxylic acids is 1. The average molecular weight is 298 g/mol. The number of rotatable bonds is 7. The molecule has 0 radical (unpaired) electrons. The molecule has 1 unspecified atom stereocenters. The van der Waals surface area contributed by atoms with Gasteiger partial charge in [0, 0.05) is 31.9 Å². The van der Waals surface area contributed by atoms with E-state index in [-0.39, 0.29) is 0 Å². The predicted octanol–water partition coefficient (Wildman–Crippen LogP) is 3.00. The van der Waals surface area contributed by atoms with Crippen molar-refractivity contribution < 1.29 is 9.90 Å². The molecular formula is C18H22N2O2. The number of benzene rings is 2. The fourth-order valence-corrected chi connectivity index (χ4v) is 2.29. The normalized spacial score (nSPS) is 11.9. The lowest BCUT2D eigenvalue weighted by atomic mass is 10.1. The van der Waals surface area contributed by atoms with E-state index < -0.39 is 5.97 Å². The third kappa shape index (κ3) is 4.33. The minimum atomic E-state index is -0.890. The van der Waals surface area contributed by atoms with E-state index in [0.29, 0.717) is 18.2 Å². The first-order valence-corrected chi connectivity index (χ1v) is 7.39. The van der Waals surface area contributed by atoms with Gasteiger partial charge in [-0.05, 0) is 36.8 Å². The number of carboxylic acid groups (broad SMARTS) is 1. The van der Waals surface area contributed by atoms with Gasteiger partial charge < -0.3 is 15.3 Å². The van der Waals surface area contributed by atoms with Crippen molar-refractivity contribution >= 4 is 11.7 Å². The van der Waals surface area contributed by atoms with Gasteiger partial charge in [-0.2, -0.15) is 0 Å². The Kier molecular flexibility index (Phi) is 5.55. The maximum atomic E-state index is 11.0. The molecule has 0 aromatic heterocycles. The molecule has 116 valence electrons. The number of nitrogens with zero attached hydrogens (tertiary/aromatic N) is 1. The van der Waals surface area contributed by atoms with Gasteiger partial charge in [-0.15, -0.1) is 0 Å². The number of para-hydroxylation sites is 1. The van der Waals surface area contributed by atoms with E-state index in [2.05, 4.69) is 36.3 Å². The van der Waals surface area contributed by atoms with Crippen LogP contribution in [0.2, 0.25) is 0 Å². The molecule has 0 spiro atoms. The van der Waals surface area contributed by atoms with E-state index in [0.717, 1.165) is 12.1 Å². The number of nitrogens with one attached hydrogen (secondary N) is 1. The van der Waals surface area contributed by atoms with E-state index in [1.54, 1.807) is 18.2 Å². The summed E-state index contributed by atoms with van der Waals surface area (Å²) in [5.74, 6) is -0.890. The molecule has 0 heterocycles. The fraction of sp³-hybridized carbons (Fsp3) is 0.278. The number of hydrogen-bond donors (Lipinski definition) is 2. The van der Waals surface area contributed by atoms with E-state index in [4.69, 9.17) is 5.11 Å². The van der Waals surface area contributed by atoms with Gasteiger partial charge in [-0.3, -0.25) is 0 Å². The Balaban J connectivity index is 1.85. The molecule has 2 rings (SSSR count). The van der Waals surface area contributed by atoms with Crippen LogP contribution in [0.3, 0.4) is 0 Å². The lowest BCUT2D eigenvalue weighted by Crippen LogP contribution is -2.37. The summed E-state index contributed by atoms with van der Waals surface area (Å²) in [6.07, 6.45) is 0. The van der Waals surface area contributed by atoms with Gasteiger partial charge in [-0.25, -0.2) is 4.79 Å². The Morgan fingerprint density at radius 2 is 1.91 bits per heavy atom. The monoisotopic (exact) mass is 298 g/mol. The second-order valence-electron chi connectivity index (χ2n) is 5.43. The van der Waals surface area contributed by atoms with Gasteiger partial charge in [0.25, 0.3) is 0 Å². The van der Waals surface area contributed by atoms with E-state index >= 15 is 0 Å². The Bertz CT molecular complexity index is 613. The van der Waals surface area contributed by atoms with E-state index in [9.17, 15) is 4.79 Å². The van der Waals surface area contributed by atoms with Crippen molar-refractivity contribution in [3.63, 3.8) is 0 Å². The van der Waals surface area contributed by atoms with Gasteiger partial charge in [0.2, 0.25) is 0 Å². The highest BCUT2D eigenvalue weighted by Gasteiger charge is 2.09. The molecule has 0 amide bonds. The van der Waals surface area contributed by atoms with Gasteiger partial charge >= 0.3 is 5.97 Å².